The number of hydrogen-bond donors (Lipinski definition) is 0. The molecule has 11 heavy (non-hydrogen) atoms. The molecular formula is C7H10ClN3. The fourth-order valence-corrected chi connectivity index (χ4v) is 0.796. The van der Waals surface area contributed by atoms with Gasteiger partial charge in [0.15, 0.2) is 0 Å². The van der Waals surface area contributed by atoms with Gasteiger partial charge in [-0.2, -0.15) is 5.26 Å². The third-order valence-electron chi connectivity index (χ3n) is 1.32. The zero-order valence-electron chi connectivity index (χ0n) is 6.10. The van der Waals surface area contributed by atoms with Crippen molar-refractivity contribution in [3.63, 3.8) is 0 Å². The van der Waals surface area contributed by atoms with E-state index < -0.39 is 0 Å². The third-order valence-corrected chi connectivity index (χ3v) is 1.32. The molecule has 60 valence electrons. The Morgan fingerprint density at radius 2 is 2.36 bits per heavy atom. The van der Waals surface area contributed by atoms with Crippen molar-refractivity contribution in [1.29, 1.82) is 5.26 Å². The minimum atomic E-state index is 0. The Hall–Kier alpha value is -1.14. The van der Waals surface area contributed by atoms with Gasteiger partial charge in [0.1, 0.15) is 6.54 Å². The minimum absolute atomic E-state index is 0. The van der Waals surface area contributed by atoms with E-state index in [2.05, 4.69) is 12.6 Å². The number of nitrogens with zero attached hydrogens (tertiary/aromatic N) is 3. The Balaban J connectivity index is 0.000001000. The van der Waals surface area contributed by atoms with E-state index in [1.54, 1.807) is 6.20 Å². The Bertz CT molecular complexity index is 194. The minimum Gasteiger partial charge on any atom is -0.345 e. The van der Waals surface area contributed by atoms with Crippen molar-refractivity contribution < 1.29 is 0 Å². The van der Waals surface area contributed by atoms with E-state index in [0.29, 0.717) is 6.54 Å². The summed E-state index contributed by atoms with van der Waals surface area (Å²) in [4.78, 5) is 3.82. The molecular weight excluding hydrogens is 162 g/mol. The van der Waals surface area contributed by atoms with Crippen molar-refractivity contribution in [2.45, 2.75) is 0 Å². The number of halogens is 1. The van der Waals surface area contributed by atoms with Gasteiger partial charge < -0.3 is 9.80 Å². The molecule has 1 heterocycles. The highest BCUT2D eigenvalue weighted by atomic mass is 35.5. The summed E-state index contributed by atoms with van der Waals surface area (Å²) in [7, 11) is 0. The monoisotopic (exact) mass is 171 g/mol. The third kappa shape index (κ3) is 2.52. The summed E-state index contributed by atoms with van der Waals surface area (Å²) in [6.45, 7) is 4.79. The number of rotatable bonds is 2. The maximum absolute atomic E-state index is 8.32. The summed E-state index contributed by atoms with van der Waals surface area (Å²) in [5.74, 6) is 0. The lowest BCUT2D eigenvalue weighted by atomic mass is 10.6. The standard InChI is InChI=1S/C7H9N3.ClH/c1-2-9-5-6-10(7-9)4-3-8;/h2,5-6H,1,4,7H2;1H. The van der Waals surface area contributed by atoms with Crippen LogP contribution < -0.4 is 0 Å². The van der Waals surface area contributed by atoms with E-state index in [0.717, 1.165) is 6.67 Å². The maximum Gasteiger partial charge on any atom is 0.107 e. The number of hydrogen-bond acceptors (Lipinski definition) is 3. The van der Waals surface area contributed by atoms with Gasteiger partial charge in [-0.1, -0.05) is 6.58 Å². The van der Waals surface area contributed by atoms with Gasteiger partial charge in [0.05, 0.1) is 12.7 Å². The summed E-state index contributed by atoms with van der Waals surface area (Å²) in [6.07, 6.45) is 5.50. The molecule has 0 aromatic heterocycles. The summed E-state index contributed by atoms with van der Waals surface area (Å²) < 4.78 is 0. The molecule has 0 unspecified atom stereocenters. The Morgan fingerprint density at radius 3 is 2.82 bits per heavy atom. The second-order valence-corrected chi connectivity index (χ2v) is 2.04. The largest absolute Gasteiger partial charge is 0.345 e. The van der Waals surface area contributed by atoms with Crippen LogP contribution in [0, 0.1) is 11.3 Å². The van der Waals surface area contributed by atoms with Crippen molar-refractivity contribution >= 4 is 12.4 Å². The van der Waals surface area contributed by atoms with E-state index in [9.17, 15) is 0 Å². The van der Waals surface area contributed by atoms with Gasteiger partial charge in [-0.3, -0.25) is 0 Å². The quantitative estimate of drug-likeness (QED) is 0.584. The first-order valence-corrected chi connectivity index (χ1v) is 3.04. The van der Waals surface area contributed by atoms with Crippen molar-refractivity contribution in [2.75, 3.05) is 13.2 Å². The van der Waals surface area contributed by atoms with Crippen LogP contribution in [-0.4, -0.2) is 23.0 Å². The summed E-state index contributed by atoms with van der Waals surface area (Å²) >= 11 is 0. The normalized spacial score (nSPS) is 14.1. The van der Waals surface area contributed by atoms with Gasteiger partial charge in [-0.25, -0.2) is 0 Å². The summed E-state index contributed by atoms with van der Waals surface area (Å²) in [5, 5.41) is 8.32. The molecule has 4 heteroatoms. The first-order chi connectivity index (χ1) is 4.86. The molecule has 0 saturated heterocycles. The molecule has 0 aliphatic carbocycles. The van der Waals surface area contributed by atoms with Gasteiger partial charge >= 0.3 is 0 Å². The summed E-state index contributed by atoms with van der Waals surface area (Å²) in [6, 6.07) is 2.07. The molecule has 0 aromatic carbocycles. The molecule has 0 aromatic rings. The van der Waals surface area contributed by atoms with E-state index in [4.69, 9.17) is 5.26 Å². The highest BCUT2D eigenvalue weighted by Crippen LogP contribution is 2.04. The second-order valence-electron chi connectivity index (χ2n) is 2.04. The van der Waals surface area contributed by atoms with Crippen LogP contribution in [0.1, 0.15) is 0 Å². The van der Waals surface area contributed by atoms with Crippen LogP contribution in [0.2, 0.25) is 0 Å². The molecule has 0 spiro atoms. The van der Waals surface area contributed by atoms with Crippen LogP contribution in [-0.2, 0) is 0 Å². The molecule has 3 nitrogen and oxygen atoms in total. The Labute approximate surface area is 72.6 Å². The van der Waals surface area contributed by atoms with E-state index in [1.165, 1.54) is 0 Å². The Morgan fingerprint density at radius 1 is 1.64 bits per heavy atom. The first-order valence-electron chi connectivity index (χ1n) is 3.04. The topological polar surface area (TPSA) is 30.3 Å². The highest BCUT2D eigenvalue weighted by Gasteiger charge is 2.07. The fraction of sp³-hybridized carbons (Fsp3) is 0.286. The lowest BCUT2D eigenvalue weighted by Gasteiger charge is -2.14. The van der Waals surface area contributed by atoms with Crippen molar-refractivity contribution in [2.24, 2.45) is 0 Å². The molecule has 0 amide bonds. The molecule has 1 aliphatic heterocycles. The Kier molecular flexibility index (Phi) is 4.16. The fourth-order valence-electron chi connectivity index (χ4n) is 0.796. The molecule has 1 aliphatic rings. The first kappa shape index (κ1) is 9.86. The van der Waals surface area contributed by atoms with E-state index in [-0.39, 0.29) is 12.4 Å². The maximum atomic E-state index is 8.32. The van der Waals surface area contributed by atoms with E-state index in [1.807, 2.05) is 22.2 Å². The van der Waals surface area contributed by atoms with Gasteiger partial charge in [0.2, 0.25) is 0 Å². The molecule has 0 radical (unpaired) electrons. The van der Waals surface area contributed by atoms with Crippen LogP contribution in [0.5, 0.6) is 0 Å². The second kappa shape index (κ2) is 4.64. The van der Waals surface area contributed by atoms with Gasteiger partial charge in [0.25, 0.3) is 0 Å². The molecule has 0 N–H and O–H groups in total. The molecule has 1 rings (SSSR count). The molecule has 0 bridgehead atoms. The summed E-state index contributed by atoms with van der Waals surface area (Å²) in [5.41, 5.74) is 0. The molecule has 0 atom stereocenters. The average molecular weight is 172 g/mol. The van der Waals surface area contributed by atoms with Crippen LogP contribution in [0.4, 0.5) is 0 Å². The van der Waals surface area contributed by atoms with Crippen LogP contribution in [0.3, 0.4) is 0 Å². The predicted octanol–water partition coefficient (Wildman–Crippen LogP) is 1.12. The zero-order chi connectivity index (χ0) is 7.40. The zero-order valence-corrected chi connectivity index (χ0v) is 6.92. The smallest absolute Gasteiger partial charge is 0.107 e. The van der Waals surface area contributed by atoms with Gasteiger partial charge in [0, 0.05) is 12.4 Å². The van der Waals surface area contributed by atoms with Crippen LogP contribution in [0.15, 0.2) is 25.2 Å². The highest BCUT2D eigenvalue weighted by molar-refractivity contribution is 5.85. The van der Waals surface area contributed by atoms with Crippen LogP contribution in [0.25, 0.3) is 0 Å². The SMILES string of the molecule is C=CN1C=CN(CC#N)C1.Cl. The van der Waals surface area contributed by atoms with E-state index >= 15 is 0 Å². The van der Waals surface area contributed by atoms with Gasteiger partial charge in [-0.05, 0) is 6.20 Å². The van der Waals surface area contributed by atoms with Crippen molar-refractivity contribution in [3.05, 3.63) is 25.2 Å². The van der Waals surface area contributed by atoms with Gasteiger partial charge in [-0.15, -0.1) is 12.4 Å². The average Bonchev–Trinajstić information content (AvgIpc) is 2.37. The number of nitriles is 1. The van der Waals surface area contributed by atoms with Crippen molar-refractivity contribution in [1.82, 2.24) is 9.80 Å². The van der Waals surface area contributed by atoms with Crippen LogP contribution >= 0.6 is 12.4 Å². The molecule has 0 saturated carbocycles. The lowest BCUT2D eigenvalue weighted by molar-refractivity contribution is 0.342. The predicted molar refractivity (Wildman–Crippen MR) is 45.6 cm³/mol. The molecule has 0 fully saturated rings. The van der Waals surface area contributed by atoms with Crippen molar-refractivity contribution in [3.8, 4) is 6.07 Å². The lowest BCUT2D eigenvalue weighted by Crippen LogP contribution is -2.21.